The maximum absolute atomic E-state index is 4.64. The molecular weight excluding hydrogens is 228 g/mol. The lowest BCUT2D eigenvalue weighted by molar-refractivity contribution is 0.457. The first kappa shape index (κ1) is 11.9. The van der Waals surface area contributed by atoms with Gasteiger partial charge in [-0.1, -0.05) is 39.5 Å². The zero-order valence-electron chi connectivity index (χ0n) is 11.4. The van der Waals surface area contributed by atoms with E-state index < -0.39 is 0 Å². The average molecular weight is 252 g/mol. The van der Waals surface area contributed by atoms with E-state index in [-0.39, 0.29) is 0 Å². The Labute approximate surface area is 109 Å². The van der Waals surface area contributed by atoms with E-state index in [2.05, 4.69) is 38.0 Å². The average Bonchev–Trinajstić information content (AvgIpc) is 3.07. The van der Waals surface area contributed by atoms with Crippen LogP contribution in [0, 0.1) is 22.7 Å². The first-order chi connectivity index (χ1) is 7.93. The van der Waals surface area contributed by atoms with Crippen LogP contribution in [0.25, 0.3) is 0 Å². The van der Waals surface area contributed by atoms with E-state index in [1.54, 1.807) is 0 Å². The molecule has 0 amide bonds. The van der Waals surface area contributed by atoms with E-state index in [1.165, 1.54) is 18.0 Å². The number of rotatable bonds is 3. The SMILES string of the molecule is CC1(C)C(CNC2=NCC(C3CC3)S2)C1(C)C. The number of hydrogen-bond donors (Lipinski definition) is 1. The van der Waals surface area contributed by atoms with Crippen LogP contribution in [0.4, 0.5) is 0 Å². The Morgan fingerprint density at radius 3 is 2.41 bits per heavy atom. The Kier molecular flexibility index (Phi) is 2.56. The molecule has 1 N–H and O–H groups in total. The van der Waals surface area contributed by atoms with Gasteiger partial charge in [0, 0.05) is 11.8 Å². The minimum atomic E-state index is 0.486. The molecule has 0 aromatic carbocycles. The minimum Gasteiger partial charge on any atom is -0.365 e. The van der Waals surface area contributed by atoms with Gasteiger partial charge in [0.1, 0.15) is 0 Å². The van der Waals surface area contributed by atoms with Crippen molar-refractivity contribution in [3.05, 3.63) is 0 Å². The highest BCUT2D eigenvalue weighted by Crippen LogP contribution is 2.67. The molecule has 1 atom stereocenters. The Hall–Kier alpha value is -0.180. The fourth-order valence-electron chi connectivity index (χ4n) is 3.23. The second-order valence-electron chi connectivity index (χ2n) is 7.02. The molecule has 0 spiro atoms. The predicted molar refractivity (Wildman–Crippen MR) is 75.5 cm³/mol. The highest BCUT2D eigenvalue weighted by Gasteiger charge is 2.64. The molecular formula is C14H24N2S. The molecule has 3 aliphatic rings. The number of nitrogens with one attached hydrogen (secondary N) is 1. The van der Waals surface area contributed by atoms with Crippen molar-refractivity contribution in [2.24, 2.45) is 27.7 Å². The van der Waals surface area contributed by atoms with Gasteiger partial charge >= 0.3 is 0 Å². The van der Waals surface area contributed by atoms with E-state index in [0.717, 1.165) is 30.2 Å². The molecule has 1 heterocycles. The molecule has 0 saturated heterocycles. The summed E-state index contributed by atoms with van der Waals surface area (Å²) >= 11 is 1.99. The number of nitrogens with zero attached hydrogens (tertiary/aromatic N) is 1. The molecule has 1 aliphatic heterocycles. The van der Waals surface area contributed by atoms with Gasteiger partial charge in [0.15, 0.2) is 5.17 Å². The van der Waals surface area contributed by atoms with E-state index in [4.69, 9.17) is 0 Å². The molecule has 3 rings (SSSR count). The lowest BCUT2D eigenvalue weighted by Crippen LogP contribution is -2.24. The van der Waals surface area contributed by atoms with Gasteiger partial charge in [-0.15, -0.1) is 0 Å². The first-order valence-corrected chi connectivity index (χ1v) is 7.76. The lowest BCUT2D eigenvalue weighted by atomic mass is 10.0. The summed E-state index contributed by atoms with van der Waals surface area (Å²) in [6.07, 6.45) is 2.87. The highest BCUT2D eigenvalue weighted by molar-refractivity contribution is 8.14. The summed E-state index contributed by atoms with van der Waals surface area (Å²) in [4.78, 5) is 4.64. The first-order valence-electron chi connectivity index (χ1n) is 6.88. The van der Waals surface area contributed by atoms with Gasteiger partial charge in [0.05, 0.1) is 6.54 Å². The zero-order valence-corrected chi connectivity index (χ0v) is 12.2. The van der Waals surface area contributed by atoms with Gasteiger partial charge in [-0.2, -0.15) is 0 Å². The molecule has 2 saturated carbocycles. The van der Waals surface area contributed by atoms with Crippen molar-refractivity contribution in [1.29, 1.82) is 0 Å². The number of thioether (sulfide) groups is 1. The Morgan fingerprint density at radius 1 is 1.24 bits per heavy atom. The summed E-state index contributed by atoms with van der Waals surface area (Å²) in [6, 6.07) is 0. The summed E-state index contributed by atoms with van der Waals surface area (Å²) < 4.78 is 0. The van der Waals surface area contributed by atoms with Crippen molar-refractivity contribution in [2.75, 3.05) is 13.1 Å². The number of hydrogen-bond acceptors (Lipinski definition) is 3. The highest BCUT2D eigenvalue weighted by atomic mass is 32.2. The van der Waals surface area contributed by atoms with Crippen LogP contribution in [0.1, 0.15) is 40.5 Å². The quantitative estimate of drug-likeness (QED) is 0.834. The van der Waals surface area contributed by atoms with Gasteiger partial charge < -0.3 is 5.32 Å². The lowest BCUT2D eigenvalue weighted by Gasteiger charge is -2.08. The van der Waals surface area contributed by atoms with Crippen molar-refractivity contribution >= 4 is 16.9 Å². The van der Waals surface area contributed by atoms with Crippen molar-refractivity contribution in [1.82, 2.24) is 5.32 Å². The Morgan fingerprint density at radius 2 is 1.88 bits per heavy atom. The van der Waals surface area contributed by atoms with Crippen LogP contribution in [0.3, 0.4) is 0 Å². The molecule has 2 aliphatic carbocycles. The number of amidine groups is 1. The summed E-state index contributed by atoms with van der Waals surface area (Å²) in [5.74, 6) is 1.76. The van der Waals surface area contributed by atoms with Gasteiger partial charge in [-0.25, -0.2) is 0 Å². The predicted octanol–water partition coefficient (Wildman–Crippen LogP) is 3.14. The van der Waals surface area contributed by atoms with E-state index in [1.807, 2.05) is 11.8 Å². The summed E-state index contributed by atoms with van der Waals surface area (Å²) in [6.45, 7) is 11.7. The third-order valence-corrected chi connectivity index (χ3v) is 6.94. The zero-order chi connectivity index (χ0) is 12.3. The van der Waals surface area contributed by atoms with E-state index in [0.29, 0.717) is 10.8 Å². The smallest absolute Gasteiger partial charge is 0.156 e. The summed E-state index contributed by atoms with van der Waals surface area (Å²) in [5.41, 5.74) is 0.972. The summed E-state index contributed by atoms with van der Waals surface area (Å²) in [7, 11) is 0. The molecule has 0 aromatic heterocycles. The minimum absolute atomic E-state index is 0.486. The van der Waals surface area contributed by atoms with Crippen molar-refractivity contribution in [2.45, 2.75) is 45.8 Å². The molecule has 1 unspecified atom stereocenters. The molecule has 0 aromatic rings. The van der Waals surface area contributed by atoms with Gasteiger partial charge in [-0.05, 0) is 35.5 Å². The van der Waals surface area contributed by atoms with Gasteiger partial charge in [0.25, 0.3) is 0 Å². The number of aliphatic imine (C=N–C) groups is 1. The molecule has 0 radical (unpaired) electrons. The Bertz CT molecular complexity index is 341. The molecule has 3 heteroatoms. The fraction of sp³-hybridized carbons (Fsp3) is 0.929. The topological polar surface area (TPSA) is 24.4 Å². The van der Waals surface area contributed by atoms with Crippen LogP contribution >= 0.6 is 11.8 Å². The third kappa shape index (κ3) is 1.91. The molecule has 17 heavy (non-hydrogen) atoms. The Balaban J connectivity index is 1.47. The van der Waals surface area contributed by atoms with Crippen molar-refractivity contribution < 1.29 is 0 Å². The maximum Gasteiger partial charge on any atom is 0.156 e. The van der Waals surface area contributed by atoms with Crippen LogP contribution in [-0.2, 0) is 0 Å². The fourth-order valence-corrected chi connectivity index (χ4v) is 4.45. The van der Waals surface area contributed by atoms with Gasteiger partial charge in [-0.3, -0.25) is 4.99 Å². The third-order valence-electron chi connectivity index (χ3n) is 5.60. The second-order valence-corrected chi connectivity index (χ2v) is 8.24. The maximum atomic E-state index is 4.64. The van der Waals surface area contributed by atoms with Crippen LogP contribution < -0.4 is 5.32 Å². The molecule has 2 nitrogen and oxygen atoms in total. The van der Waals surface area contributed by atoms with E-state index >= 15 is 0 Å². The van der Waals surface area contributed by atoms with Crippen LogP contribution in [0.5, 0.6) is 0 Å². The largest absolute Gasteiger partial charge is 0.365 e. The van der Waals surface area contributed by atoms with Gasteiger partial charge in [0.2, 0.25) is 0 Å². The van der Waals surface area contributed by atoms with Crippen LogP contribution in [0.2, 0.25) is 0 Å². The molecule has 0 bridgehead atoms. The normalized spacial score (nSPS) is 34.6. The molecule has 96 valence electrons. The summed E-state index contributed by atoms with van der Waals surface area (Å²) in [5, 5.41) is 5.58. The molecule has 2 fully saturated rings. The second kappa shape index (κ2) is 3.66. The van der Waals surface area contributed by atoms with Crippen LogP contribution in [-0.4, -0.2) is 23.5 Å². The monoisotopic (exact) mass is 252 g/mol. The van der Waals surface area contributed by atoms with E-state index in [9.17, 15) is 0 Å². The van der Waals surface area contributed by atoms with Crippen molar-refractivity contribution in [3.63, 3.8) is 0 Å². The van der Waals surface area contributed by atoms with Crippen molar-refractivity contribution in [3.8, 4) is 0 Å². The standard InChI is InChI=1S/C14H24N2S/c1-13(2)11(14(13,3)4)8-16-12-15-7-10(17-12)9-5-6-9/h9-11H,5-8H2,1-4H3,(H,15,16). The van der Waals surface area contributed by atoms with Crippen LogP contribution in [0.15, 0.2) is 4.99 Å².